The fourth-order valence-corrected chi connectivity index (χ4v) is 5.20. The summed E-state index contributed by atoms with van der Waals surface area (Å²) in [5.41, 5.74) is 3.75. The number of pyridine rings is 2. The minimum atomic E-state index is -0.261. The summed E-state index contributed by atoms with van der Waals surface area (Å²) in [6.07, 6.45) is 1.69. The highest BCUT2D eigenvalue weighted by atomic mass is 35.5. The number of aromatic amines is 1. The number of hydrogen-bond donors (Lipinski definition) is 2. The fourth-order valence-electron chi connectivity index (χ4n) is 4.24. The molecule has 6 aromatic rings. The molecule has 0 unspecified atom stereocenters. The molecule has 9 nitrogen and oxygen atoms in total. The van der Waals surface area contributed by atoms with Crippen LogP contribution in [0.3, 0.4) is 0 Å². The van der Waals surface area contributed by atoms with Gasteiger partial charge >= 0.3 is 0 Å². The third kappa shape index (κ3) is 5.35. The topological polar surface area (TPSA) is 115 Å². The molecule has 2 aromatic carbocycles. The van der Waals surface area contributed by atoms with Crippen LogP contribution in [0.15, 0.2) is 95.9 Å². The third-order valence-electron chi connectivity index (χ3n) is 6.19. The smallest absolute Gasteiger partial charge is 0.261 e. The number of thiophene rings is 1. The molecule has 0 spiro atoms. The number of para-hydroxylation sites is 1. The number of rotatable bonds is 8. The molecular weight excluding hydrogens is 548 g/mol. The van der Waals surface area contributed by atoms with Crippen LogP contribution in [-0.4, -0.2) is 30.9 Å². The van der Waals surface area contributed by atoms with Crippen molar-refractivity contribution in [3.8, 4) is 22.7 Å². The van der Waals surface area contributed by atoms with Crippen molar-refractivity contribution >= 4 is 39.7 Å². The van der Waals surface area contributed by atoms with Crippen LogP contribution in [-0.2, 0) is 13.2 Å². The van der Waals surface area contributed by atoms with E-state index in [1.54, 1.807) is 36.5 Å². The minimum absolute atomic E-state index is 0.131. The number of carbonyl (C=O) groups is 1. The summed E-state index contributed by atoms with van der Waals surface area (Å²) in [6, 6.07) is 25.5. The van der Waals surface area contributed by atoms with E-state index in [-0.39, 0.29) is 24.6 Å². The van der Waals surface area contributed by atoms with Gasteiger partial charge in [0.1, 0.15) is 23.7 Å². The second kappa shape index (κ2) is 11.1. The predicted molar refractivity (Wildman–Crippen MR) is 154 cm³/mol. The number of ether oxygens (including phenoxy) is 1. The molecule has 0 atom stereocenters. The van der Waals surface area contributed by atoms with E-state index in [0.29, 0.717) is 37.6 Å². The number of fused-ring (bicyclic) bond motifs is 1. The summed E-state index contributed by atoms with van der Waals surface area (Å²) in [5.74, 6) is 0.221. The van der Waals surface area contributed by atoms with Crippen molar-refractivity contribution in [1.82, 2.24) is 30.3 Å². The zero-order valence-corrected chi connectivity index (χ0v) is 22.4. The molecular formula is C29H21ClN6O3S. The highest BCUT2D eigenvalue weighted by Crippen LogP contribution is 2.33. The van der Waals surface area contributed by atoms with E-state index in [2.05, 4.69) is 20.7 Å². The van der Waals surface area contributed by atoms with E-state index in [0.717, 1.165) is 16.6 Å². The number of halogens is 1. The molecule has 0 saturated carbocycles. The van der Waals surface area contributed by atoms with Gasteiger partial charge in [-0.15, -0.1) is 11.3 Å². The van der Waals surface area contributed by atoms with Crippen LogP contribution in [0.2, 0.25) is 4.34 Å². The first-order valence-corrected chi connectivity index (χ1v) is 13.5. The maximum Gasteiger partial charge on any atom is 0.261 e. The van der Waals surface area contributed by atoms with Gasteiger partial charge in [-0.2, -0.15) is 15.4 Å². The molecule has 6 rings (SSSR count). The van der Waals surface area contributed by atoms with Gasteiger partial charge in [0.2, 0.25) is 0 Å². The van der Waals surface area contributed by atoms with Crippen LogP contribution in [0.5, 0.6) is 5.75 Å². The van der Waals surface area contributed by atoms with Gasteiger partial charge in [-0.3, -0.25) is 14.2 Å². The van der Waals surface area contributed by atoms with E-state index in [1.165, 1.54) is 22.0 Å². The first-order valence-electron chi connectivity index (χ1n) is 12.3. The van der Waals surface area contributed by atoms with Crippen molar-refractivity contribution < 1.29 is 9.53 Å². The van der Waals surface area contributed by atoms with Crippen molar-refractivity contribution in [3.63, 3.8) is 0 Å². The van der Waals surface area contributed by atoms with Gasteiger partial charge in [0, 0.05) is 29.3 Å². The number of aromatic nitrogens is 5. The van der Waals surface area contributed by atoms with Crippen molar-refractivity contribution in [1.29, 1.82) is 0 Å². The summed E-state index contributed by atoms with van der Waals surface area (Å²) in [4.78, 5) is 30.3. The standard InChI is InChI=1S/C29H21ClN6O3S/c30-26-13-12-25(40-26)29(38)31-16-23-28(34-35-33-23)21-11-10-20(36-14-4-3-7-27(36)37)15-24(21)39-17-19-9-8-18-5-1-2-6-22(18)32-19/h1-15H,16-17H2,(H,31,38)(H,33,34,35). The quantitative estimate of drug-likeness (QED) is 0.254. The van der Waals surface area contributed by atoms with E-state index < -0.39 is 0 Å². The molecule has 11 heteroatoms. The number of hydrogen-bond acceptors (Lipinski definition) is 7. The molecule has 0 aliphatic carbocycles. The zero-order valence-electron chi connectivity index (χ0n) is 20.9. The van der Waals surface area contributed by atoms with Gasteiger partial charge < -0.3 is 10.1 Å². The first-order chi connectivity index (χ1) is 19.5. The Bertz CT molecular complexity index is 1900. The van der Waals surface area contributed by atoms with Gasteiger partial charge in [-0.05, 0) is 42.5 Å². The number of carbonyl (C=O) groups excluding carboxylic acids is 1. The van der Waals surface area contributed by atoms with Crippen LogP contribution in [0.25, 0.3) is 27.8 Å². The van der Waals surface area contributed by atoms with Crippen molar-refractivity contribution in [2.75, 3.05) is 0 Å². The molecule has 0 aliphatic heterocycles. The highest BCUT2D eigenvalue weighted by molar-refractivity contribution is 7.18. The maximum absolute atomic E-state index is 12.6. The van der Waals surface area contributed by atoms with Gasteiger partial charge in [0.15, 0.2) is 0 Å². The summed E-state index contributed by atoms with van der Waals surface area (Å²) < 4.78 is 8.35. The van der Waals surface area contributed by atoms with Crippen LogP contribution in [0.1, 0.15) is 21.1 Å². The fraction of sp³-hybridized carbons (Fsp3) is 0.0690. The van der Waals surface area contributed by atoms with Crippen LogP contribution >= 0.6 is 22.9 Å². The SMILES string of the molecule is O=C(NCc1n[nH]nc1-c1ccc(-n2ccccc2=O)cc1OCc1ccc2ccccc2n1)c1ccc(Cl)s1. The van der Waals surface area contributed by atoms with Gasteiger partial charge in [0.05, 0.1) is 32.7 Å². The first kappa shape index (κ1) is 25.5. The predicted octanol–water partition coefficient (Wildman–Crippen LogP) is 5.39. The molecule has 0 saturated heterocycles. The monoisotopic (exact) mass is 568 g/mol. The molecule has 0 aliphatic rings. The summed E-state index contributed by atoms with van der Waals surface area (Å²) >= 11 is 7.17. The lowest BCUT2D eigenvalue weighted by Gasteiger charge is -2.14. The minimum Gasteiger partial charge on any atom is -0.487 e. The van der Waals surface area contributed by atoms with Crippen molar-refractivity contribution in [3.05, 3.63) is 122 Å². The van der Waals surface area contributed by atoms with Crippen LogP contribution in [0, 0.1) is 0 Å². The molecule has 2 N–H and O–H groups in total. The molecule has 0 fully saturated rings. The molecule has 4 aromatic heterocycles. The van der Waals surface area contributed by atoms with Gasteiger partial charge in [-0.25, -0.2) is 4.98 Å². The third-order valence-corrected chi connectivity index (χ3v) is 7.42. The largest absolute Gasteiger partial charge is 0.487 e. The Kier molecular flexibility index (Phi) is 7.09. The Hall–Kier alpha value is -4.80. The summed E-state index contributed by atoms with van der Waals surface area (Å²) in [6.45, 7) is 0.319. The Balaban J connectivity index is 1.32. The van der Waals surface area contributed by atoms with Crippen molar-refractivity contribution in [2.24, 2.45) is 0 Å². The van der Waals surface area contributed by atoms with Gasteiger partial charge in [0.25, 0.3) is 11.5 Å². The second-order valence-corrected chi connectivity index (χ2v) is 10.5. The lowest BCUT2D eigenvalue weighted by Crippen LogP contribution is -2.22. The molecule has 198 valence electrons. The molecule has 4 heterocycles. The Labute approximate surface area is 237 Å². The number of benzene rings is 2. The highest BCUT2D eigenvalue weighted by Gasteiger charge is 2.18. The summed E-state index contributed by atoms with van der Waals surface area (Å²) in [7, 11) is 0. The van der Waals surface area contributed by atoms with E-state index in [9.17, 15) is 9.59 Å². The molecule has 1 amide bonds. The van der Waals surface area contributed by atoms with Gasteiger partial charge in [-0.1, -0.05) is 41.9 Å². The zero-order chi connectivity index (χ0) is 27.5. The number of nitrogens with one attached hydrogen (secondary N) is 2. The molecule has 0 radical (unpaired) electrons. The van der Waals surface area contributed by atoms with E-state index >= 15 is 0 Å². The Morgan fingerprint density at radius 2 is 1.88 bits per heavy atom. The Morgan fingerprint density at radius 1 is 1.00 bits per heavy atom. The summed E-state index contributed by atoms with van der Waals surface area (Å²) in [5, 5.41) is 15.1. The lowest BCUT2D eigenvalue weighted by atomic mass is 10.1. The average molecular weight is 569 g/mol. The molecule has 40 heavy (non-hydrogen) atoms. The molecule has 0 bridgehead atoms. The normalized spacial score (nSPS) is 11.0. The maximum atomic E-state index is 12.6. The Morgan fingerprint density at radius 3 is 2.73 bits per heavy atom. The van der Waals surface area contributed by atoms with E-state index in [1.807, 2.05) is 48.5 Å². The number of H-pyrrole nitrogens is 1. The number of nitrogens with zero attached hydrogens (tertiary/aromatic N) is 4. The average Bonchev–Trinajstić information content (AvgIpc) is 3.64. The lowest BCUT2D eigenvalue weighted by molar-refractivity contribution is 0.0954. The number of amides is 1. The van der Waals surface area contributed by atoms with Crippen LogP contribution < -0.4 is 15.6 Å². The second-order valence-electron chi connectivity index (χ2n) is 8.78. The van der Waals surface area contributed by atoms with Crippen LogP contribution in [0.4, 0.5) is 0 Å². The van der Waals surface area contributed by atoms with E-state index in [4.69, 9.17) is 21.3 Å². The van der Waals surface area contributed by atoms with Crippen molar-refractivity contribution in [2.45, 2.75) is 13.2 Å².